The number of aryl methyl sites for hydroxylation is 2. The maximum absolute atomic E-state index is 10.7. The number of hydrogen-bond acceptors (Lipinski definition) is 6. The molecule has 0 bridgehead atoms. The number of unbranched alkanes of at least 4 members (excludes halogenated alkanes) is 6. The minimum absolute atomic E-state index is 0. The fourth-order valence-corrected chi connectivity index (χ4v) is 4.10. The van der Waals surface area contributed by atoms with E-state index in [2.05, 4.69) is 13.8 Å². The Kier molecular flexibility index (Phi) is 16.8. The molecule has 0 radical (unpaired) electrons. The van der Waals surface area contributed by atoms with Crippen LogP contribution in [0.25, 0.3) is 0 Å². The first-order valence-electron chi connectivity index (χ1n) is 11.2. The molecule has 180 valence electrons. The van der Waals surface area contributed by atoms with Crippen molar-refractivity contribution in [3.63, 3.8) is 0 Å². The van der Waals surface area contributed by atoms with Crippen LogP contribution in [0.1, 0.15) is 76.3 Å². The SMILES string of the molecule is CCCCCCc1ccc(S(=O)(=O)[O-])cc1.CCCCCCc1ccc(S(=O)(=O)[O-])cc1.[Ca+2]. The van der Waals surface area contributed by atoms with Crippen molar-refractivity contribution in [3.8, 4) is 0 Å². The van der Waals surface area contributed by atoms with Crippen molar-refractivity contribution in [2.45, 2.75) is 87.8 Å². The maximum Gasteiger partial charge on any atom is 2.00 e. The second-order valence-electron chi connectivity index (χ2n) is 7.82. The average molecular weight is 523 g/mol. The molecule has 0 aromatic heterocycles. The van der Waals surface area contributed by atoms with E-state index in [9.17, 15) is 25.9 Å². The molecule has 0 amide bonds. The molecule has 2 aromatic rings. The first-order valence-corrected chi connectivity index (χ1v) is 14.0. The molecule has 0 unspecified atom stereocenters. The molecule has 0 atom stereocenters. The molecular formula is C24H34CaO6S2. The van der Waals surface area contributed by atoms with Gasteiger partial charge in [0.05, 0.1) is 9.79 Å². The first kappa shape index (κ1) is 32.5. The standard InChI is InChI=1S/2C12H18O3S.Ca/c2*1-2-3-4-5-6-11-7-9-12(10-8-11)16(13,14)15;/h2*7-10H,2-6H2,1H3,(H,13,14,15);/q;;+2/p-2. The van der Waals surface area contributed by atoms with E-state index >= 15 is 0 Å². The van der Waals surface area contributed by atoms with E-state index in [-0.39, 0.29) is 47.5 Å². The Morgan fingerprint density at radius 1 is 0.545 bits per heavy atom. The molecular weight excluding hydrogens is 488 g/mol. The molecule has 0 aliphatic heterocycles. The molecule has 2 aromatic carbocycles. The smallest absolute Gasteiger partial charge is 0.744 e. The molecule has 6 nitrogen and oxygen atoms in total. The Labute approximate surface area is 229 Å². The average Bonchev–Trinajstić information content (AvgIpc) is 2.74. The van der Waals surface area contributed by atoms with Crippen molar-refractivity contribution in [3.05, 3.63) is 59.7 Å². The molecule has 2 rings (SSSR count). The summed E-state index contributed by atoms with van der Waals surface area (Å²) in [5.74, 6) is 0. The Morgan fingerprint density at radius 3 is 1.09 bits per heavy atom. The second-order valence-corrected chi connectivity index (χ2v) is 10.6. The predicted molar refractivity (Wildman–Crippen MR) is 130 cm³/mol. The van der Waals surface area contributed by atoms with E-state index in [1.54, 1.807) is 24.3 Å². The Morgan fingerprint density at radius 2 is 0.848 bits per heavy atom. The molecule has 33 heavy (non-hydrogen) atoms. The topological polar surface area (TPSA) is 114 Å². The molecule has 0 heterocycles. The summed E-state index contributed by atoms with van der Waals surface area (Å²) in [6.07, 6.45) is 11.4. The normalized spacial score (nSPS) is 11.3. The van der Waals surface area contributed by atoms with Crippen LogP contribution >= 0.6 is 0 Å². The van der Waals surface area contributed by atoms with E-state index in [0.29, 0.717) is 0 Å². The van der Waals surface area contributed by atoms with Crippen LogP contribution in [0.15, 0.2) is 58.3 Å². The van der Waals surface area contributed by atoms with Gasteiger partial charge in [-0.05, 0) is 61.1 Å². The van der Waals surface area contributed by atoms with Crippen LogP contribution in [-0.2, 0) is 33.1 Å². The van der Waals surface area contributed by atoms with Gasteiger partial charge in [0, 0.05) is 0 Å². The van der Waals surface area contributed by atoms with Gasteiger partial charge in [-0.25, -0.2) is 16.8 Å². The van der Waals surface area contributed by atoms with Crippen LogP contribution in [0.4, 0.5) is 0 Å². The van der Waals surface area contributed by atoms with Gasteiger partial charge in [-0.1, -0.05) is 76.6 Å². The van der Waals surface area contributed by atoms with E-state index in [1.165, 1.54) is 62.8 Å². The van der Waals surface area contributed by atoms with E-state index in [4.69, 9.17) is 0 Å². The van der Waals surface area contributed by atoms with Gasteiger partial charge in [0.25, 0.3) is 0 Å². The summed E-state index contributed by atoms with van der Waals surface area (Å²) in [5, 5.41) is 0. The Balaban J connectivity index is 0.000000602. The van der Waals surface area contributed by atoms with Crippen LogP contribution in [0.2, 0.25) is 0 Å². The van der Waals surface area contributed by atoms with Crippen LogP contribution in [0.3, 0.4) is 0 Å². The van der Waals surface area contributed by atoms with Gasteiger partial charge in [0.2, 0.25) is 0 Å². The van der Waals surface area contributed by atoms with Gasteiger partial charge in [0.1, 0.15) is 20.2 Å². The number of benzene rings is 2. The molecule has 9 heteroatoms. The summed E-state index contributed by atoms with van der Waals surface area (Å²) in [6, 6.07) is 12.4. The van der Waals surface area contributed by atoms with Crippen LogP contribution in [-0.4, -0.2) is 63.7 Å². The quantitative estimate of drug-likeness (QED) is 0.219. The van der Waals surface area contributed by atoms with Gasteiger partial charge in [-0.15, -0.1) is 0 Å². The summed E-state index contributed by atoms with van der Waals surface area (Å²) in [5.41, 5.74) is 2.17. The summed E-state index contributed by atoms with van der Waals surface area (Å²) in [4.78, 5) is -0.297. The van der Waals surface area contributed by atoms with Crippen molar-refractivity contribution in [2.75, 3.05) is 0 Å². The fourth-order valence-electron chi connectivity index (χ4n) is 3.16. The van der Waals surface area contributed by atoms with E-state index < -0.39 is 20.2 Å². The summed E-state index contributed by atoms with van der Waals surface area (Å²) < 4.78 is 64.1. The van der Waals surface area contributed by atoms with Crippen molar-refractivity contribution in [1.82, 2.24) is 0 Å². The first-order chi connectivity index (χ1) is 15.1. The van der Waals surface area contributed by atoms with Crippen molar-refractivity contribution >= 4 is 58.0 Å². The largest absolute Gasteiger partial charge is 2.00 e. The molecule has 0 fully saturated rings. The van der Waals surface area contributed by atoms with Crippen LogP contribution < -0.4 is 0 Å². The van der Waals surface area contributed by atoms with Crippen molar-refractivity contribution in [2.24, 2.45) is 0 Å². The van der Waals surface area contributed by atoms with Gasteiger partial charge in [0.15, 0.2) is 0 Å². The minimum atomic E-state index is -4.30. The molecule has 0 aliphatic carbocycles. The van der Waals surface area contributed by atoms with Gasteiger partial charge in [-0.3, -0.25) is 0 Å². The van der Waals surface area contributed by atoms with Gasteiger partial charge in [-0.2, -0.15) is 0 Å². The fraction of sp³-hybridized carbons (Fsp3) is 0.500. The zero-order valence-electron chi connectivity index (χ0n) is 19.7. The summed E-state index contributed by atoms with van der Waals surface area (Å²) >= 11 is 0. The number of rotatable bonds is 12. The third kappa shape index (κ3) is 14.5. The molecule has 0 saturated heterocycles. The Bertz CT molecular complexity index is 903. The number of hydrogen-bond donors (Lipinski definition) is 0. The Hall–Kier alpha value is -0.480. The summed E-state index contributed by atoms with van der Waals surface area (Å²) in [6.45, 7) is 4.32. The van der Waals surface area contributed by atoms with Gasteiger partial charge >= 0.3 is 37.7 Å². The maximum atomic E-state index is 10.7. The van der Waals surface area contributed by atoms with Crippen molar-refractivity contribution < 1.29 is 25.9 Å². The monoisotopic (exact) mass is 522 g/mol. The zero-order chi connectivity index (χ0) is 24.0. The van der Waals surface area contributed by atoms with Crippen LogP contribution in [0.5, 0.6) is 0 Å². The van der Waals surface area contributed by atoms with Crippen LogP contribution in [0, 0.1) is 0 Å². The third-order valence-corrected chi connectivity index (χ3v) is 6.76. The predicted octanol–water partition coefficient (Wildman–Crippen LogP) is 5.05. The second kappa shape index (κ2) is 17.0. The molecule has 0 spiro atoms. The molecule has 0 saturated carbocycles. The minimum Gasteiger partial charge on any atom is -0.744 e. The van der Waals surface area contributed by atoms with E-state index in [0.717, 1.165) is 36.8 Å². The third-order valence-electron chi connectivity index (χ3n) is 5.06. The summed E-state index contributed by atoms with van der Waals surface area (Å²) in [7, 11) is -8.60. The molecule has 0 N–H and O–H groups in total. The van der Waals surface area contributed by atoms with Crippen molar-refractivity contribution in [1.29, 1.82) is 0 Å². The van der Waals surface area contributed by atoms with E-state index in [1.807, 2.05) is 0 Å². The molecule has 0 aliphatic rings. The van der Waals surface area contributed by atoms with Gasteiger partial charge < -0.3 is 9.11 Å². The zero-order valence-corrected chi connectivity index (χ0v) is 23.5.